The van der Waals surface area contributed by atoms with Gasteiger partial charge < -0.3 is 9.30 Å². The topological polar surface area (TPSA) is 71.9 Å². The smallest absolute Gasteiger partial charge is 0.246 e. The van der Waals surface area contributed by atoms with Crippen molar-refractivity contribution in [2.45, 2.75) is 25.7 Å². The van der Waals surface area contributed by atoms with Gasteiger partial charge in [-0.05, 0) is 68.8 Å². The number of aryl methyl sites for hydroxylation is 2. The SMILES string of the molecule is COc1ccc(C)cc1S(=O)(=O)N1CCN(CC(=O)c2cc(C)n(-c3ccc(F)cc3)c2C)CC1. The summed E-state index contributed by atoms with van der Waals surface area (Å²) in [7, 11) is -2.25. The van der Waals surface area contributed by atoms with Gasteiger partial charge in [0.25, 0.3) is 0 Å². The van der Waals surface area contributed by atoms with E-state index >= 15 is 0 Å². The summed E-state index contributed by atoms with van der Waals surface area (Å²) in [5.74, 6) is -0.0117. The Morgan fingerprint density at radius 3 is 2.26 bits per heavy atom. The first-order valence-electron chi connectivity index (χ1n) is 11.5. The fraction of sp³-hybridized carbons (Fsp3) is 0.346. The second kappa shape index (κ2) is 9.93. The summed E-state index contributed by atoms with van der Waals surface area (Å²) in [6, 6.07) is 13.1. The predicted octanol–water partition coefficient (Wildman–Crippen LogP) is 3.74. The zero-order valence-corrected chi connectivity index (χ0v) is 21.2. The molecule has 0 radical (unpaired) electrons. The van der Waals surface area contributed by atoms with E-state index in [9.17, 15) is 17.6 Å². The Kier molecular flexibility index (Phi) is 7.12. The molecule has 0 amide bonds. The molecule has 2 heterocycles. The minimum absolute atomic E-state index is 0.0249. The monoisotopic (exact) mass is 499 g/mol. The van der Waals surface area contributed by atoms with E-state index < -0.39 is 10.0 Å². The Bertz CT molecular complexity index is 1340. The number of halogens is 1. The second-order valence-electron chi connectivity index (χ2n) is 8.85. The number of rotatable bonds is 7. The Hall–Kier alpha value is -3.01. The van der Waals surface area contributed by atoms with E-state index in [1.165, 1.54) is 23.5 Å². The van der Waals surface area contributed by atoms with Crippen molar-refractivity contribution in [2.75, 3.05) is 39.8 Å². The van der Waals surface area contributed by atoms with Gasteiger partial charge in [0.1, 0.15) is 16.5 Å². The van der Waals surface area contributed by atoms with Crippen LogP contribution >= 0.6 is 0 Å². The van der Waals surface area contributed by atoms with Crippen LogP contribution < -0.4 is 4.74 Å². The Morgan fingerprint density at radius 1 is 0.971 bits per heavy atom. The van der Waals surface area contributed by atoms with Crippen LogP contribution in [0, 0.1) is 26.6 Å². The Balaban J connectivity index is 1.44. The first-order valence-corrected chi connectivity index (χ1v) is 12.9. The number of piperazine rings is 1. The number of carbonyl (C=O) groups excluding carboxylic acids is 1. The fourth-order valence-electron chi connectivity index (χ4n) is 4.57. The van der Waals surface area contributed by atoms with E-state index in [0.717, 1.165) is 22.6 Å². The number of nitrogens with zero attached hydrogens (tertiary/aromatic N) is 3. The van der Waals surface area contributed by atoms with E-state index in [-0.39, 0.29) is 23.0 Å². The molecule has 9 heteroatoms. The van der Waals surface area contributed by atoms with Gasteiger partial charge in [0, 0.05) is 48.8 Å². The van der Waals surface area contributed by atoms with Crippen molar-refractivity contribution < 1.29 is 22.3 Å². The molecule has 3 aromatic rings. The molecule has 0 N–H and O–H groups in total. The van der Waals surface area contributed by atoms with E-state index in [1.807, 2.05) is 42.4 Å². The predicted molar refractivity (Wildman–Crippen MR) is 132 cm³/mol. The molecule has 1 fully saturated rings. The molecule has 0 atom stereocenters. The van der Waals surface area contributed by atoms with Crippen LogP contribution in [0.5, 0.6) is 5.75 Å². The third-order valence-corrected chi connectivity index (χ3v) is 8.37. The average Bonchev–Trinajstić information content (AvgIpc) is 3.14. The molecule has 0 spiro atoms. The molecular formula is C26H30FN3O4S. The van der Waals surface area contributed by atoms with Gasteiger partial charge in [-0.15, -0.1) is 0 Å². The number of carbonyl (C=O) groups is 1. The van der Waals surface area contributed by atoms with Crippen LogP contribution in [0.25, 0.3) is 5.69 Å². The van der Waals surface area contributed by atoms with Gasteiger partial charge in [0.05, 0.1) is 13.7 Å². The highest BCUT2D eigenvalue weighted by Gasteiger charge is 2.31. The lowest BCUT2D eigenvalue weighted by Gasteiger charge is -2.33. The van der Waals surface area contributed by atoms with E-state index in [4.69, 9.17) is 4.74 Å². The van der Waals surface area contributed by atoms with Crippen LogP contribution in [-0.2, 0) is 10.0 Å². The zero-order valence-electron chi connectivity index (χ0n) is 20.4. The molecule has 4 rings (SSSR count). The van der Waals surface area contributed by atoms with Crippen molar-refractivity contribution >= 4 is 15.8 Å². The molecule has 186 valence electrons. The summed E-state index contributed by atoms with van der Waals surface area (Å²) in [5.41, 5.74) is 3.94. The summed E-state index contributed by atoms with van der Waals surface area (Å²) >= 11 is 0. The molecule has 1 aromatic heterocycles. The van der Waals surface area contributed by atoms with Crippen molar-refractivity contribution in [3.05, 3.63) is 76.9 Å². The van der Waals surface area contributed by atoms with Gasteiger partial charge >= 0.3 is 0 Å². The maximum absolute atomic E-state index is 13.3. The molecule has 1 saturated heterocycles. The van der Waals surface area contributed by atoms with Crippen LogP contribution in [-0.4, -0.2) is 67.8 Å². The lowest BCUT2D eigenvalue weighted by atomic mass is 10.1. The highest BCUT2D eigenvalue weighted by Crippen LogP contribution is 2.28. The normalized spacial score (nSPS) is 15.3. The van der Waals surface area contributed by atoms with Gasteiger partial charge in [-0.1, -0.05) is 6.07 Å². The Labute approximate surface area is 205 Å². The van der Waals surface area contributed by atoms with Crippen LogP contribution in [0.2, 0.25) is 0 Å². The molecule has 0 aliphatic carbocycles. The van der Waals surface area contributed by atoms with E-state index in [0.29, 0.717) is 37.5 Å². The number of ketones is 1. The number of hydrogen-bond acceptors (Lipinski definition) is 5. The molecule has 0 unspecified atom stereocenters. The number of Topliss-reactive ketones (excluding diaryl/α,β-unsaturated/α-hetero) is 1. The minimum atomic E-state index is -3.71. The van der Waals surface area contributed by atoms with Crippen molar-refractivity contribution in [3.8, 4) is 11.4 Å². The van der Waals surface area contributed by atoms with Gasteiger partial charge in [-0.25, -0.2) is 12.8 Å². The first-order chi connectivity index (χ1) is 16.6. The summed E-state index contributed by atoms with van der Waals surface area (Å²) in [5, 5.41) is 0. The van der Waals surface area contributed by atoms with Gasteiger partial charge in [0.15, 0.2) is 5.78 Å². The minimum Gasteiger partial charge on any atom is -0.495 e. The van der Waals surface area contributed by atoms with Crippen molar-refractivity contribution in [2.24, 2.45) is 0 Å². The summed E-state index contributed by atoms with van der Waals surface area (Å²) < 4.78 is 48.5. The number of methoxy groups -OCH3 is 1. The molecule has 1 aliphatic rings. The van der Waals surface area contributed by atoms with Gasteiger partial charge in [0.2, 0.25) is 10.0 Å². The molecule has 0 bridgehead atoms. The lowest BCUT2D eigenvalue weighted by Crippen LogP contribution is -2.49. The largest absolute Gasteiger partial charge is 0.495 e. The van der Waals surface area contributed by atoms with Crippen LogP contribution in [0.3, 0.4) is 0 Å². The molecule has 7 nitrogen and oxygen atoms in total. The third-order valence-electron chi connectivity index (χ3n) is 6.45. The summed E-state index contributed by atoms with van der Waals surface area (Å²) in [4.78, 5) is 15.3. The number of benzene rings is 2. The molecule has 0 saturated carbocycles. The quantitative estimate of drug-likeness (QED) is 0.463. The number of sulfonamides is 1. The maximum Gasteiger partial charge on any atom is 0.246 e. The van der Waals surface area contributed by atoms with E-state index in [1.54, 1.807) is 24.3 Å². The third kappa shape index (κ3) is 5.03. The number of ether oxygens (including phenoxy) is 1. The standard InChI is InChI=1S/C26H30FN3O4S/c1-18-5-10-25(34-4)26(15-18)35(32,33)29-13-11-28(12-14-29)17-24(31)23-16-19(2)30(20(23)3)22-8-6-21(27)7-9-22/h5-10,15-16H,11-14,17H2,1-4H3. The van der Waals surface area contributed by atoms with Crippen LogP contribution in [0.1, 0.15) is 27.3 Å². The van der Waals surface area contributed by atoms with Crippen molar-refractivity contribution in [3.63, 3.8) is 0 Å². The van der Waals surface area contributed by atoms with Crippen molar-refractivity contribution in [1.82, 2.24) is 13.8 Å². The summed E-state index contributed by atoms with van der Waals surface area (Å²) in [6.07, 6.45) is 0. The average molecular weight is 500 g/mol. The highest BCUT2D eigenvalue weighted by molar-refractivity contribution is 7.89. The molecular weight excluding hydrogens is 469 g/mol. The summed E-state index contributed by atoms with van der Waals surface area (Å²) in [6.45, 7) is 7.33. The van der Waals surface area contributed by atoms with Crippen molar-refractivity contribution in [1.29, 1.82) is 0 Å². The zero-order chi connectivity index (χ0) is 25.3. The van der Waals surface area contributed by atoms with Gasteiger partial charge in [-0.2, -0.15) is 4.31 Å². The highest BCUT2D eigenvalue weighted by atomic mass is 32.2. The lowest BCUT2D eigenvalue weighted by molar-refractivity contribution is 0.0901. The first kappa shape index (κ1) is 25.1. The maximum atomic E-state index is 13.3. The fourth-order valence-corrected chi connectivity index (χ4v) is 6.24. The van der Waals surface area contributed by atoms with E-state index in [2.05, 4.69) is 0 Å². The van der Waals surface area contributed by atoms with Crippen LogP contribution in [0.4, 0.5) is 4.39 Å². The Morgan fingerprint density at radius 2 is 1.63 bits per heavy atom. The molecule has 35 heavy (non-hydrogen) atoms. The number of hydrogen-bond donors (Lipinski definition) is 0. The second-order valence-corrected chi connectivity index (χ2v) is 10.8. The number of aromatic nitrogens is 1. The van der Waals surface area contributed by atoms with Gasteiger partial charge in [-0.3, -0.25) is 9.69 Å². The van der Waals surface area contributed by atoms with Crippen LogP contribution in [0.15, 0.2) is 53.4 Å². The molecule has 2 aromatic carbocycles. The molecule has 1 aliphatic heterocycles.